The number of carbonyl (C=O) groups excluding carboxylic acids is 1. The lowest BCUT2D eigenvalue weighted by molar-refractivity contribution is 0.0844. The average molecular weight is 312 g/mol. The number of hydrogen-bond donors (Lipinski definition) is 2. The highest BCUT2D eigenvalue weighted by molar-refractivity contribution is 6.31. The van der Waals surface area contributed by atoms with Crippen molar-refractivity contribution in [3.8, 4) is 0 Å². The smallest absolute Gasteiger partial charge is 0.255 e. The van der Waals surface area contributed by atoms with Crippen LogP contribution in [0.3, 0.4) is 0 Å². The predicted molar refractivity (Wildman–Crippen MR) is 76.7 cm³/mol. The molecule has 0 aliphatic carbocycles. The fraction of sp³-hybridized carbons (Fsp3) is 0.267. The summed E-state index contributed by atoms with van der Waals surface area (Å²) in [6.07, 6.45) is 0.147. The van der Waals surface area contributed by atoms with E-state index in [1.165, 1.54) is 30.5 Å². The molecule has 6 heteroatoms. The van der Waals surface area contributed by atoms with Crippen molar-refractivity contribution in [2.75, 3.05) is 0 Å². The highest BCUT2D eigenvalue weighted by atomic mass is 35.5. The van der Waals surface area contributed by atoms with Crippen molar-refractivity contribution in [2.24, 2.45) is 0 Å². The van der Waals surface area contributed by atoms with Crippen molar-refractivity contribution in [3.05, 3.63) is 58.3 Å². The maximum atomic E-state index is 13.8. The molecule has 0 fully saturated rings. The Morgan fingerprint density at radius 2 is 2.14 bits per heavy atom. The average Bonchev–Trinajstić information content (AvgIpc) is 2.84. The van der Waals surface area contributed by atoms with Gasteiger partial charge in [0.2, 0.25) is 0 Å². The molecular formula is C15H15ClFNO3. The van der Waals surface area contributed by atoms with Crippen LogP contribution in [0.15, 0.2) is 34.9 Å². The van der Waals surface area contributed by atoms with Gasteiger partial charge >= 0.3 is 0 Å². The molecule has 0 unspecified atom stereocenters. The number of furan rings is 1. The second kappa shape index (κ2) is 6.28. The third-order valence-electron chi connectivity index (χ3n) is 3.23. The zero-order valence-electron chi connectivity index (χ0n) is 11.6. The predicted octanol–water partition coefficient (Wildman–Crippen LogP) is 3.23. The van der Waals surface area contributed by atoms with Gasteiger partial charge in [-0.25, -0.2) is 4.39 Å². The molecule has 0 aliphatic rings. The van der Waals surface area contributed by atoms with E-state index in [2.05, 4.69) is 5.32 Å². The first-order valence-corrected chi connectivity index (χ1v) is 6.76. The molecule has 1 amide bonds. The van der Waals surface area contributed by atoms with Gasteiger partial charge in [-0.3, -0.25) is 4.79 Å². The van der Waals surface area contributed by atoms with Crippen LogP contribution in [0.1, 0.15) is 34.7 Å². The van der Waals surface area contributed by atoms with E-state index in [0.717, 1.165) is 0 Å². The van der Waals surface area contributed by atoms with E-state index in [9.17, 15) is 14.3 Å². The molecule has 2 N–H and O–H groups in total. The Kier molecular flexibility index (Phi) is 4.65. The summed E-state index contributed by atoms with van der Waals surface area (Å²) in [5.74, 6) is -0.547. The molecule has 2 atom stereocenters. The van der Waals surface area contributed by atoms with Crippen LogP contribution in [-0.4, -0.2) is 17.1 Å². The molecule has 112 valence electrons. The van der Waals surface area contributed by atoms with Crippen LogP contribution in [0.25, 0.3) is 0 Å². The van der Waals surface area contributed by atoms with E-state index in [-0.39, 0.29) is 10.6 Å². The first-order chi connectivity index (χ1) is 9.91. The first-order valence-electron chi connectivity index (χ1n) is 6.38. The van der Waals surface area contributed by atoms with E-state index in [1.54, 1.807) is 13.8 Å². The lowest BCUT2D eigenvalue weighted by Gasteiger charge is -2.21. The summed E-state index contributed by atoms with van der Waals surface area (Å²) in [5, 5.41) is 12.9. The molecule has 0 saturated carbocycles. The molecule has 1 heterocycles. The molecule has 0 aliphatic heterocycles. The van der Waals surface area contributed by atoms with Crippen molar-refractivity contribution in [1.29, 1.82) is 0 Å². The van der Waals surface area contributed by atoms with Gasteiger partial charge in [0.15, 0.2) is 0 Å². The van der Waals surface area contributed by atoms with Gasteiger partial charge in [0, 0.05) is 10.6 Å². The van der Waals surface area contributed by atoms with Gasteiger partial charge in [-0.1, -0.05) is 17.7 Å². The number of carbonyl (C=O) groups is 1. The molecule has 0 radical (unpaired) electrons. The van der Waals surface area contributed by atoms with Gasteiger partial charge in [0.05, 0.1) is 17.9 Å². The van der Waals surface area contributed by atoms with Crippen molar-refractivity contribution < 1.29 is 18.7 Å². The number of nitrogens with one attached hydrogen (secondary N) is 1. The van der Waals surface area contributed by atoms with Crippen LogP contribution < -0.4 is 5.32 Å². The minimum absolute atomic E-state index is 0.0316. The normalized spacial score (nSPS) is 13.8. The van der Waals surface area contributed by atoms with Crippen LogP contribution in [0, 0.1) is 12.7 Å². The first kappa shape index (κ1) is 15.5. The zero-order chi connectivity index (χ0) is 15.6. The van der Waals surface area contributed by atoms with E-state index in [1.807, 2.05) is 0 Å². The van der Waals surface area contributed by atoms with Crippen molar-refractivity contribution in [3.63, 3.8) is 0 Å². The van der Waals surface area contributed by atoms with E-state index in [4.69, 9.17) is 16.0 Å². The topological polar surface area (TPSA) is 62.5 Å². The Labute approximate surface area is 126 Å². The number of benzene rings is 1. The number of amides is 1. The summed E-state index contributed by atoms with van der Waals surface area (Å²) in [4.78, 5) is 12.0. The Morgan fingerprint density at radius 1 is 1.43 bits per heavy atom. The van der Waals surface area contributed by atoms with E-state index in [0.29, 0.717) is 11.3 Å². The molecule has 0 bridgehead atoms. The molecule has 2 rings (SSSR count). The highest BCUT2D eigenvalue weighted by Crippen LogP contribution is 2.28. The highest BCUT2D eigenvalue weighted by Gasteiger charge is 2.25. The molecule has 1 aromatic heterocycles. The molecule has 21 heavy (non-hydrogen) atoms. The summed E-state index contributed by atoms with van der Waals surface area (Å²) in [6, 6.07) is 4.95. The second-order valence-corrected chi connectivity index (χ2v) is 5.14. The summed E-state index contributed by atoms with van der Waals surface area (Å²) in [7, 11) is 0. The quantitative estimate of drug-likeness (QED) is 0.911. The minimum Gasteiger partial charge on any atom is -0.469 e. The van der Waals surface area contributed by atoms with Crippen LogP contribution in [0.2, 0.25) is 5.02 Å². The van der Waals surface area contributed by atoms with Gasteiger partial charge in [0.1, 0.15) is 17.7 Å². The number of aliphatic hydroxyl groups excluding tert-OH is 1. The number of aryl methyl sites for hydroxylation is 1. The third kappa shape index (κ3) is 3.25. The molecule has 4 nitrogen and oxygen atoms in total. The summed E-state index contributed by atoms with van der Waals surface area (Å²) in [5.41, 5.74) is 0.338. The number of aliphatic hydroxyl groups is 1. The van der Waals surface area contributed by atoms with Crippen molar-refractivity contribution in [2.45, 2.75) is 26.0 Å². The van der Waals surface area contributed by atoms with E-state index < -0.39 is 23.9 Å². The fourth-order valence-corrected chi connectivity index (χ4v) is 2.30. The number of rotatable bonds is 4. The Hall–Kier alpha value is -1.85. The monoisotopic (exact) mass is 311 g/mol. The lowest BCUT2D eigenvalue weighted by Crippen LogP contribution is -2.37. The van der Waals surface area contributed by atoms with Crippen molar-refractivity contribution >= 4 is 17.5 Å². The van der Waals surface area contributed by atoms with Gasteiger partial charge in [0.25, 0.3) is 5.91 Å². The minimum atomic E-state index is -1.25. The third-order valence-corrected chi connectivity index (χ3v) is 3.56. The van der Waals surface area contributed by atoms with Gasteiger partial charge in [-0.2, -0.15) is 0 Å². The Balaban J connectivity index is 2.15. The van der Waals surface area contributed by atoms with Crippen LogP contribution in [0.4, 0.5) is 4.39 Å². The molecule has 0 saturated heterocycles. The molecule has 0 spiro atoms. The number of hydrogen-bond acceptors (Lipinski definition) is 3. The van der Waals surface area contributed by atoms with Crippen LogP contribution >= 0.6 is 11.6 Å². The SMILES string of the molecule is Cc1occc1C(=O)N[C@@H](C)[C@@H](O)c1c(F)cccc1Cl. The Bertz CT molecular complexity index is 636. The summed E-state index contributed by atoms with van der Waals surface area (Å²) in [6.45, 7) is 3.23. The Morgan fingerprint density at radius 3 is 2.71 bits per heavy atom. The fourth-order valence-electron chi connectivity index (χ4n) is 2.03. The molecule has 2 aromatic rings. The van der Waals surface area contributed by atoms with Gasteiger partial charge < -0.3 is 14.8 Å². The van der Waals surface area contributed by atoms with Crippen LogP contribution in [0.5, 0.6) is 0 Å². The van der Waals surface area contributed by atoms with Gasteiger partial charge in [-0.15, -0.1) is 0 Å². The summed E-state index contributed by atoms with van der Waals surface area (Å²) < 4.78 is 18.8. The molecular weight excluding hydrogens is 297 g/mol. The second-order valence-electron chi connectivity index (χ2n) is 4.73. The van der Waals surface area contributed by atoms with Crippen LogP contribution in [-0.2, 0) is 0 Å². The standard InChI is InChI=1S/C15H15ClFNO3/c1-8(18-15(20)10-6-7-21-9(10)2)14(19)13-11(16)4-3-5-12(13)17/h3-8,14,19H,1-2H3,(H,18,20)/t8-,14+/m0/s1. The van der Waals surface area contributed by atoms with E-state index >= 15 is 0 Å². The maximum absolute atomic E-state index is 13.8. The largest absolute Gasteiger partial charge is 0.469 e. The van der Waals surface area contributed by atoms with Gasteiger partial charge in [-0.05, 0) is 32.0 Å². The van der Waals surface area contributed by atoms with Crippen molar-refractivity contribution in [1.82, 2.24) is 5.32 Å². The lowest BCUT2D eigenvalue weighted by atomic mass is 10.0. The summed E-state index contributed by atoms with van der Waals surface area (Å²) >= 11 is 5.90. The zero-order valence-corrected chi connectivity index (χ0v) is 12.3. The molecule has 1 aromatic carbocycles. The number of halogens is 2. The maximum Gasteiger partial charge on any atom is 0.255 e.